The molecule has 1 atom stereocenters. The molecule has 0 saturated carbocycles. The van der Waals surface area contributed by atoms with Gasteiger partial charge in [-0.1, -0.05) is 6.07 Å². The summed E-state index contributed by atoms with van der Waals surface area (Å²) in [7, 11) is 3.13. The second-order valence-electron chi connectivity index (χ2n) is 6.94. The van der Waals surface area contributed by atoms with Gasteiger partial charge >= 0.3 is 6.61 Å². The number of likely N-dealkylation sites (tertiary alicyclic amines) is 1. The van der Waals surface area contributed by atoms with Gasteiger partial charge in [-0.15, -0.1) is 0 Å². The van der Waals surface area contributed by atoms with Crippen LogP contribution in [0.4, 0.5) is 8.78 Å². The molecule has 166 valence electrons. The first-order valence-electron chi connectivity index (χ1n) is 9.77. The van der Waals surface area contributed by atoms with Gasteiger partial charge in [0.15, 0.2) is 0 Å². The van der Waals surface area contributed by atoms with E-state index in [0.29, 0.717) is 18.0 Å². The molecule has 1 heterocycles. The maximum absolute atomic E-state index is 12.8. The molecule has 31 heavy (non-hydrogen) atoms. The van der Waals surface area contributed by atoms with Crippen molar-refractivity contribution in [3.8, 4) is 17.2 Å². The number of methoxy groups -OCH3 is 2. The van der Waals surface area contributed by atoms with E-state index in [-0.39, 0.29) is 29.8 Å². The molecule has 1 saturated heterocycles. The minimum Gasteiger partial charge on any atom is -0.497 e. The number of carbonyl (C=O) groups is 2. The number of nitrogens with one attached hydrogen (secondary N) is 1. The average molecular weight is 434 g/mol. The smallest absolute Gasteiger partial charge is 0.387 e. The third kappa shape index (κ3) is 5.42. The van der Waals surface area contributed by atoms with Crippen LogP contribution in [0.2, 0.25) is 0 Å². The highest BCUT2D eigenvalue weighted by Gasteiger charge is 2.32. The van der Waals surface area contributed by atoms with Crippen LogP contribution in [-0.2, 0) is 4.79 Å². The van der Waals surface area contributed by atoms with Gasteiger partial charge in [0.25, 0.3) is 5.91 Å². The Morgan fingerprint density at radius 3 is 2.65 bits per heavy atom. The van der Waals surface area contributed by atoms with E-state index in [2.05, 4.69) is 10.1 Å². The Morgan fingerprint density at radius 1 is 1.13 bits per heavy atom. The van der Waals surface area contributed by atoms with Crippen molar-refractivity contribution in [2.45, 2.75) is 25.5 Å². The van der Waals surface area contributed by atoms with E-state index in [0.717, 1.165) is 18.4 Å². The molecule has 0 spiro atoms. The van der Waals surface area contributed by atoms with Gasteiger partial charge in [0.05, 0.1) is 26.8 Å². The molecule has 3 rings (SSSR count). The van der Waals surface area contributed by atoms with Gasteiger partial charge in [-0.2, -0.15) is 8.78 Å². The molecule has 0 aromatic heterocycles. The van der Waals surface area contributed by atoms with Gasteiger partial charge in [0, 0.05) is 23.7 Å². The lowest BCUT2D eigenvalue weighted by molar-refractivity contribution is -0.131. The Balaban J connectivity index is 1.66. The Morgan fingerprint density at radius 2 is 1.94 bits per heavy atom. The van der Waals surface area contributed by atoms with Crippen LogP contribution < -0.4 is 19.5 Å². The van der Waals surface area contributed by atoms with Gasteiger partial charge in [0.1, 0.15) is 17.2 Å². The van der Waals surface area contributed by atoms with Gasteiger partial charge < -0.3 is 24.4 Å². The summed E-state index contributed by atoms with van der Waals surface area (Å²) in [5.41, 5.74) is 0.998. The number of hydrogen-bond donors (Lipinski definition) is 1. The number of halogens is 2. The van der Waals surface area contributed by atoms with Crippen molar-refractivity contribution in [3.05, 3.63) is 53.6 Å². The standard InChI is InChI=1S/C22H24F2N2O5/c1-29-15-8-9-17(19(12-15)30-2)18-7-4-10-26(18)20(27)13-25-21(28)14-5-3-6-16(11-14)31-22(23)24/h3,5-6,8-9,11-12,18,22H,4,7,10,13H2,1-2H3,(H,25,28)/t18-/m1/s1. The highest BCUT2D eigenvalue weighted by molar-refractivity contribution is 5.96. The third-order valence-electron chi connectivity index (χ3n) is 5.09. The predicted octanol–water partition coefficient (Wildman–Crippen LogP) is 3.40. The first kappa shape index (κ1) is 22.3. The summed E-state index contributed by atoms with van der Waals surface area (Å²) in [5.74, 6) is 0.366. The van der Waals surface area contributed by atoms with Crippen LogP contribution in [0.1, 0.15) is 34.8 Å². The Kier molecular flexibility index (Phi) is 7.28. The zero-order chi connectivity index (χ0) is 22.4. The van der Waals surface area contributed by atoms with Crippen LogP contribution in [0.25, 0.3) is 0 Å². The largest absolute Gasteiger partial charge is 0.497 e. The molecule has 1 fully saturated rings. The van der Waals surface area contributed by atoms with E-state index in [9.17, 15) is 18.4 Å². The third-order valence-corrected chi connectivity index (χ3v) is 5.09. The van der Waals surface area contributed by atoms with E-state index in [1.165, 1.54) is 24.3 Å². The Labute approximate surface area is 178 Å². The fourth-order valence-corrected chi connectivity index (χ4v) is 3.66. The van der Waals surface area contributed by atoms with Gasteiger partial charge in [-0.05, 0) is 43.2 Å². The normalized spacial score (nSPS) is 15.6. The van der Waals surface area contributed by atoms with E-state index in [1.54, 1.807) is 25.2 Å². The van der Waals surface area contributed by atoms with Gasteiger partial charge in [-0.3, -0.25) is 9.59 Å². The van der Waals surface area contributed by atoms with Crippen molar-refractivity contribution in [2.24, 2.45) is 0 Å². The van der Waals surface area contributed by atoms with Crippen LogP contribution in [0.3, 0.4) is 0 Å². The predicted molar refractivity (Wildman–Crippen MR) is 109 cm³/mol. The van der Waals surface area contributed by atoms with E-state index in [4.69, 9.17) is 9.47 Å². The number of ether oxygens (including phenoxy) is 3. The van der Waals surface area contributed by atoms with Gasteiger partial charge in [0.2, 0.25) is 5.91 Å². The van der Waals surface area contributed by atoms with Crippen molar-refractivity contribution in [2.75, 3.05) is 27.3 Å². The number of benzene rings is 2. The van der Waals surface area contributed by atoms with Crippen molar-refractivity contribution < 1.29 is 32.6 Å². The number of amides is 2. The zero-order valence-electron chi connectivity index (χ0n) is 17.3. The fraction of sp³-hybridized carbons (Fsp3) is 0.364. The van der Waals surface area contributed by atoms with E-state index >= 15 is 0 Å². The lowest BCUT2D eigenvalue weighted by Gasteiger charge is -2.26. The second-order valence-corrected chi connectivity index (χ2v) is 6.94. The second kappa shape index (κ2) is 10.1. The van der Waals surface area contributed by atoms with E-state index in [1.807, 2.05) is 12.1 Å². The van der Waals surface area contributed by atoms with Crippen LogP contribution in [-0.4, -0.2) is 50.6 Å². The minimum absolute atomic E-state index is 0.125. The highest BCUT2D eigenvalue weighted by atomic mass is 19.3. The summed E-state index contributed by atoms with van der Waals surface area (Å²) >= 11 is 0. The lowest BCUT2D eigenvalue weighted by atomic mass is 10.0. The van der Waals surface area contributed by atoms with E-state index < -0.39 is 12.5 Å². The molecular formula is C22H24F2N2O5. The SMILES string of the molecule is COc1ccc([C@H]2CCCN2C(=O)CNC(=O)c2cccc(OC(F)F)c2)c(OC)c1. The van der Waals surface area contributed by atoms with Crippen molar-refractivity contribution in [1.82, 2.24) is 10.2 Å². The maximum Gasteiger partial charge on any atom is 0.387 e. The fourth-order valence-electron chi connectivity index (χ4n) is 3.66. The summed E-state index contributed by atoms with van der Waals surface area (Å²) in [5, 5.41) is 2.55. The molecule has 0 unspecified atom stereocenters. The van der Waals surface area contributed by atoms with Crippen LogP contribution in [0.5, 0.6) is 17.2 Å². The highest BCUT2D eigenvalue weighted by Crippen LogP contribution is 2.38. The van der Waals surface area contributed by atoms with Gasteiger partial charge in [-0.25, -0.2) is 0 Å². The molecule has 0 aliphatic carbocycles. The number of carbonyl (C=O) groups excluding carboxylic acids is 2. The molecule has 1 N–H and O–H groups in total. The summed E-state index contributed by atoms with van der Waals surface area (Å²) in [6.45, 7) is -2.64. The quantitative estimate of drug-likeness (QED) is 0.689. The molecule has 0 radical (unpaired) electrons. The molecular weight excluding hydrogens is 410 g/mol. The number of nitrogens with zero attached hydrogens (tertiary/aromatic N) is 1. The average Bonchev–Trinajstić information content (AvgIpc) is 3.26. The summed E-state index contributed by atoms with van der Waals surface area (Å²) in [6.07, 6.45) is 1.60. The first-order valence-corrected chi connectivity index (χ1v) is 9.77. The van der Waals surface area contributed by atoms with Crippen molar-refractivity contribution in [3.63, 3.8) is 0 Å². The van der Waals surface area contributed by atoms with Crippen LogP contribution >= 0.6 is 0 Å². The molecule has 2 amide bonds. The molecule has 1 aliphatic rings. The topological polar surface area (TPSA) is 77.1 Å². The first-order chi connectivity index (χ1) is 14.9. The van der Waals surface area contributed by atoms with Crippen LogP contribution in [0, 0.1) is 0 Å². The lowest BCUT2D eigenvalue weighted by Crippen LogP contribution is -2.39. The maximum atomic E-state index is 12.8. The molecule has 7 nitrogen and oxygen atoms in total. The number of alkyl halides is 2. The van der Waals surface area contributed by atoms with Crippen molar-refractivity contribution >= 4 is 11.8 Å². The van der Waals surface area contributed by atoms with Crippen LogP contribution in [0.15, 0.2) is 42.5 Å². The van der Waals surface area contributed by atoms with Crippen molar-refractivity contribution in [1.29, 1.82) is 0 Å². The minimum atomic E-state index is -2.98. The summed E-state index contributed by atoms with van der Waals surface area (Å²) < 4.78 is 39.7. The molecule has 2 aromatic rings. The Hall–Kier alpha value is -3.36. The summed E-state index contributed by atoms with van der Waals surface area (Å²) in [4.78, 5) is 26.9. The monoisotopic (exact) mass is 434 g/mol. The Bertz CT molecular complexity index is 938. The molecule has 9 heteroatoms. The summed E-state index contributed by atoms with van der Waals surface area (Å²) in [6, 6.07) is 10.7. The molecule has 0 bridgehead atoms. The number of rotatable bonds is 8. The molecule has 1 aliphatic heterocycles. The number of hydrogen-bond acceptors (Lipinski definition) is 5. The molecule has 2 aromatic carbocycles. The zero-order valence-corrected chi connectivity index (χ0v) is 17.3.